The maximum atomic E-state index is 13.1. The molecule has 0 unspecified atom stereocenters. The molecule has 6 aromatic carbocycles. The van der Waals surface area contributed by atoms with Gasteiger partial charge in [0.05, 0.1) is 5.41 Å². The Balaban J connectivity index is 1.17. The smallest absolute Gasteiger partial charge is 0.265 e. The minimum Gasteiger partial charge on any atom is -0.481 e. The highest BCUT2D eigenvalue weighted by Gasteiger charge is 2.45. The molecule has 0 saturated heterocycles. The second kappa shape index (κ2) is 14.4. The number of anilines is 2. The van der Waals surface area contributed by atoms with E-state index in [9.17, 15) is 9.59 Å². The Hall–Kier alpha value is -5.56. The Bertz CT molecular complexity index is 2030. The van der Waals surface area contributed by atoms with Crippen LogP contribution in [0.4, 0.5) is 11.4 Å². The Morgan fingerprint density at radius 1 is 0.510 bits per heavy atom. The van der Waals surface area contributed by atoms with Crippen LogP contribution in [0.1, 0.15) is 36.1 Å². The Kier molecular flexibility index (Phi) is 9.54. The molecule has 0 saturated carbocycles. The lowest BCUT2D eigenvalue weighted by atomic mass is 9.67. The SMILES string of the molecule is C[C@H](Oc1ccc(Cl)cc1)C(=O)Nc1ccc(C2(c3ccc(NC(=O)[C@H](C)Oc4ccc(Cl)cc4)cc3)c3ccccc3-c3ccccc32)cc1. The molecule has 254 valence electrons. The first-order chi connectivity index (χ1) is 24.7. The fourth-order valence-corrected chi connectivity index (χ4v) is 6.91. The summed E-state index contributed by atoms with van der Waals surface area (Å²) in [6.45, 7) is 3.41. The van der Waals surface area contributed by atoms with Gasteiger partial charge in [0.15, 0.2) is 12.2 Å². The molecule has 6 aromatic rings. The highest BCUT2D eigenvalue weighted by atomic mass is 35.5. The number of hydrogen-bond donors (Lipinski definition) is 2. The third-order valence-corrected chi connectivity index (χ3v) is 9.62. The van der Waals surface area contributed by atoms with Crippen LogP contribution in [-0.2, 0) is 15.0 Å². The van der Waals surface area contributed by atoms with Gasteiger partial charge in [0.2, 0.25) is 0 Å². The van der Waals surface area contributed by atoms with Gasteiger partial charge in [-0.1, -0.05) is 96.0 Å². The van der Waals surface area contributed by atoms with Crippen LogP contribution in [0.15, 0.2) is 146 Å². The molecule has 7 rings (SSSR count). The van der Waals surface area contributed by atoms with Gasteiger partial charge in [-0.15, -0.1) is 0 Å². The molecule has 2 atom stereocenters. The van der Waals surface area contributed by atoms with Crippen LogP contribution in [-0.4, -0.2) is 24.0 Å². The van der Waals surface area contributed by atoms with E-state index in [-0.39, 0.29) is 11.8 Å². The highest BCUT2D eigenvalue weighted by Crippen LogP contribution is 2.56. The van der Waals surface area contributed by atoms with Gasteiger partial charge in [0, 0.05) is 21.4 Å². The van der Waals surface area contributed by atoms with Crippen LogP contribution in [0.2, 0.25) is 10.0 Å². The first-order valence-electron chi connectivity index (χ1n) is 16.6. The molecule has 6 nitrogen and oxygen atoms in total. The number of nitrogens with one attached hydrogen (secondary N) is 2. The Morgan fingerprint density at radius 3 is 1.24 bits per heavy atom. The maximum Gasteiger partial charge on any atom is 0.265 e. The van der Waals surface area contributed by atoms with E-state index < -0.39 is 17.6 Å². The third kappa shape index (κ3) is 6.81. The monoisotopic (exact) mass is 712 g/mol. The van der Waals surface area contributed by atoms with Gasteiger partial charge in [0.25, 0.3) is 11.8 Å². The van der Waals surface area contributed by atoms with E-state index in [4.69, 9.17) is 32.7 Å². The van der Waals surface area contributed by atoms with E-state index in [0.717, 1.165) is 33.4 Å². The number of fused-ring (bicyclic) bond motifs is 3. The molecule has 1 aliphatic carbocycles. The molecule has 0 fully saturated rings. The molecule has 0 radical (unpaired) electrons. The highest BCUT2D eigenvalue weighted by molar-refractivity contribution is 6.30. The molecule has 0 aromatic heterocycles. The van der Waals surface area contributed by atoms with Crippen LogP contribution in [0, 0.1) is 0 Å². The van der Waals surface area contributed by atoms with E-state index in [1.165, 1.54) is 0 Å². The summed E-state index contributed by atoms with van der Waals surface area (Å²) in [5.74, 6) is 0.581. The van der Waals surface area contributed by atoms with E-state index in [1.54, 1.807) is 62.4 Å². The first-order valence-corrected chi connectivity index (χ1v) is 17.3. The van der Waals surface area contributed by atoms with E-state index in [1.807, 2.05) is 24.3 Å². The fourth-order valence-electron chi connectivity index (χ4n) is 6.66. The molecule has 51 heavy (non-hydrogen) atoms. The number of benzene rings is 6. The van der Waals surface area contributed by atoms with Crippen LogP contribution < -0.4 is 20.1 Å². The molecule has 1 aliphatic rings. The van der Waals surface area contributed by atoms with Crippen molar-refractivity contribution in [2.24, 2.45) is 0 Å². The van der Waals surface area contributed by atoms with Crippen LogP contribution in [0.3, 0.4) is 0 Å². The van der Waals surface area contributed by atoms with Gasteiger partial charge in [-0.05, 0) is 120 Å². The summed E-state index contributed by atoms with van der Waals surface area (Å²) in [6.07, 6.45) is -1.45. The second-order valence-electron chi connectivity index (χ2n) is 12.4. The molecular formula is C43H34Cl2N2O4. The number of rotatable bonds is 10. The van der Waals surface area contributed by atoms with Crippen molar-refractivity contribution in [3.63, 3.8) is 0 Å². The fraction of sp³-hybridized carbons (Fsp3) is 0.116. The molecular weight excluding hydrogens is 679 g/mol. The van der Waals surface area contributed by atoms with Crippen molar-refractivity contribution in [2.45, 2.75) is 31.5 Å². The average Bonchev–Trinajstić information content (AvgIpc) is 3.45. The van der Waals surface area contributed by atoms with E-state index in [0.29, 0.717) is 32.9 Å². The van der Waals surface area contributed by atoms with Gasteiger partial charge < -0.3 is 20.1 Å². The maximum absolute atomic E-state index is 13.1. The van der Waals surface area contributed by atoms with Crippen molar-refractivity contribution in [3.8, 4) is 22.6 Å². The first kappa shape index (κ1) is 33.9. The van der Waals surface area contributed by atoms with Crippen molar-refractivity contribution < 1.29 is 19.1 Å². The topological polar surface area (TPSA) is 76.7 Å². The normalized spacial score (nSPS) is 13.6. The average molecular weight is 714 g/mol. The molecule has 0 aliphatic heterocycles. The summed E-state index contributed by atoms with van der Waals surface area (Å²) in [7, 11) is 0. The minimum absolute atomic E-state index is 0.269. The lowest BCUT2D eigenvalue weighted by Gasteiger charge is -2.34. The predicted molar refractivity (Wildman–Crippen MR) is 204 cm³/mol. The molecule has 8 heteroatoms. The summed E-state index contributed by atoms with van der Waals surface area (Å²) < 4.78 is 11.7. The molecule has 2 N–H and O–H groups in total. The Morgan fingerprint density at radius 2 is 0.863 bits per heavy atom. The zero-order valence-corrected chi connectivity index (χ0v) is 29.4. The van der Waals surface area contributed by atoms with Gasteiger partial charge in [-0.3, -0.25) is 9.59 Å². The lowest BCUT2D eigenvalue weighted by Crippen LogP contribution is -2.31. The predicted octanol–water partition coefficient (Wildman–Crippen LogP) is 10.2. The van der Waals surface area contributed by atoms with Crippen molar-refractivity contribution >= 4 is 46.4 Å². The summed E-state index contributed by atoms with van der Waals surface area (Å²) in [5, 5.41) is 7.17. The number of halogens is 2. The molecule has 2 amide bonds. The van der Waals surface area contributed by atoms with Gasteiger partial charge >= 0.3 is 0 Å². The summed E-state index contributed by atoms with van der Waals surface area (Å²) in [6, 6.07) is 46.6. The number of carbonyl (C=O) groups is 2. The largest absolute Gasteiger partial charge is 0.481 e. The van der Waals surface area contributed by atoms with Crippen molar-refractivity contribution in [3.05, 3.63) is 178 Å². The van der Waals surface area contributed by atoms with Crippen LogP contribution in [0.5, 0.6) is 11.5 Å². The molecule has 0 bridgehead atoms. The molecule has 0 spiro atoms. The third-order valence-electron chi connectivity index (χ3n) is 9.11. The van der Waals surface area contributed by atoms with Crippen LogP contribution >= 0.6 is 23.2 Å². The zero-order valence-electron chi connectivity index (χ0n) is 27.9. The quantitative estimate of drug-likeness (QED) is 0.148. The van der Waals surface area contributed by atoms with E-state index >= 15 is 0 Å². The van der Waals surface area contributed by atoms with Gasteiger partial charge in [0.1, 0.15) is 11.5 Å². The lowest BCUT2D eigenvalue weighted by molar-refractivity contribution is -0.122. The summed E-state index contributed by atoms with van der Waals surface area (Å²) >= 11 is 12.0. The minimum atomic E-state index is -0.725. The zero-order chi connectivity index (χ0) is 35.5. The molecule has 0 heterocycles. The van der Waals surface area contributed by atoms with Crippen molar-refractivity contribution in [1.82, 2.24) is 0 Å². The number of carbonyl (C=O) groups excluding carboxylic acids is 2. The summed E-state index contributed by atoms with van der Waals surface area (Å²) in [5.41, 5.74) is 7.32. The van der Waals surface area contributed by atoms with Crippen molar-refractivity contribution in [2.75, 3.05) is 10.6 Å². The van der Waals surface area contributed by atoms with E-state index in [2.05, 4.69) is 83.4 Å². The summed E-state index contributed by atoms with van der Waals surface area (Å²) in [4.78, 5) is 26.2. The standard InChI is InChI=1S/C43H34Cl2N2O4/c1-27(50-35-23-15-31(44)16-24-35)41(48)46-33-19-11-29(12-20-33)43(39-9-5-3-7-37(39)38-8-4-6-10-40(38)43)30-13-21-34(22-14-30)47-42(49)28(2)51-36-25-17-32(45)18-26-36/h3-28H,1-2H3,(H,46,48)(H,47,49)/t27-,28-/m0/s1. The van der Waals surface area contributed by atoms with Crippen molar-refractivity contribution in [1.29, 1.82) is 0 Å². The Labute approximate surface area is 307 Å². The number of amides is 2. The number of ether oxygens (including phenoxy) is 2. The van der Waals surface area contributed by atoms with Crippen LogP contribution in [0.25, 0.3) is 11.1 Å². The number of hydrogen-bond acceptors (Lipinski definition) is 4. The van der Waals surface area contributed by atoms with Gasteiger partial charge in [-0.2, -0.15) is 0 Å². The second-order valence-corrected chi connectivity index (χ2v) is 13.3. The van der Waals surface area contributed by atoms with Gasteiger partial charge in [-0.25, -0.2) is 0 Å².